The number of amides is 1. The van der Waals surface area contributed by atoms with Crippen LogP contribution in [0.2, 0.25) is 0 Å². The van der Waals surface area contributed by atoms with Crippen molar-refractivity contribution < 1.29 is 9.53 Å². The average molecular weight is 237 g/mol. The van der Waals surface area contributed by atoms with Gasteiger partial charge in [0.2, 0.25) is 0 Å². The number of aromatic nitrogens is 1. The Balaban J connectivity index is 2.71. The zero-order chi connectivity index (χ0) is 12.9. The van der Waals surface area contributed by atoms with Crippen molar-refractivity contribution in [3.63, 3.8) is 0 Å². The predicted octanol–water partition coefficient (Wildman–Crippen LogP) is 1.93. The van der Waals surface area contributed by atoms with Crippen molar-refractivity contribution >= 4 is 11.8 Å². The number of nitrogens with one attached hydrogen (secondary N) is 1. The Morgan fingerprint density at radius 3 is 2.82 bits per heavy atom. The van der Waals surface area contributed by atoms with Crippen molar-refractivity contribution in [3.05, 3.63) is 24.0 Å². The van der Waals surface area contributed by atoms with Gasteiger partial charge in [-0.2, -0.15) is 0 Å². The summed E-state index contributed by atoms with van der Waals surface area (Å²) in [6.45, 7) is 5.97. The van der Waals surface area contributed by atoms with Crippen LogP contribution < -0.4 is 11.1 Å². The highest BCUT2D eigenvalue weighted by Gasteiger charge is 2.17. The van der Waals surface area contributed by atoms with Gasteiger partial charge in [-0.15, -0.1) is 0 Å². The zero-order valence-electron chi connectivity index (χ0n) is 10.5. The molecule has 1 amide bonds. The van der Waals surface area contributed by atoms with Crippen molar-refractivity contribution in [3.8, 4) is 0 Å². The van der Waals surface area contributed by atoms with E-state index in [1.807, 2.05) is 26.8 Å². The lowest BCUT2D eigenvalue weighted by Gasteiger charge is -2.20. The molecule has 0 aliphatic carbocycles. The van der Waals surface area contributed by atoms with Crippen molar-refractivity contribution in [2.45, 2.75) is 32.8 Å². The third-order valence-electron chi connectivity index (χ3n) is 1.96. The third kappa shape index (κ3) is 4.82. The summed E-state index contributed by atoms with van der Waals surface area (Å²) < 4.78 is 5.17. The zero-order valence-corrected chi connectivity index (χ0v) is 10.5. The van der Waals surface area contributed by atoms with Crippen LogP contribution in [0, 0.1) is 0 Å². The lowest BCUT2D eigenvalue weighted by Crippen LogP contribution is -2.27. The van der Waals surface area contributed by atoms with E-state index < -0.39 is 11.7 Å². The first-order chi connectivity index (χ1) is 7.92. The first-order valence-corrected chi connectivity index (χ1v) is 5.55. The molecule has 0 saturated carbocycles. The van der Waals surface area contributed by atoms with E-state index in [-0.39, 0.29) is 0 Å². The van der Waals surface area contributed by atoms with Crippen LogP contribution in [-0.4, -0.2) is 23.2 Å². The summed E-state index contributed by atoms with van der Waals surface area (Å²) in [6, 6.07) is 1.83. The van der Waals surface area contributed by atoms with Crippen LogP contribution in [0.1, 0.15) is 26.3 Å². The van der Waals surface area contributed by atoms with Gasteiger partial charge in [0.1, 0.15) is 5.60 Å². The molecule has 0 aliphatic heterocycles. The Hall–Kier alpha value is -1.62. The maximum atomic E-state index is 11.6. The summed E-state index contributed by atoms with van der Waals surface area (Å²) >= 11 is 0. The van der Waals surface area contributed by atoms with Gasteiger partial charge < -0.3 is 10.5 Å². The number of hydrogen-bond acceptors (Lipinski definition) is 4. The molecular formula is C12H19N3O2. The molecule has 0 saturated heterocycles. The summed E-state index contributed by atoms with van der Waals surface area (Å²) in [5.41, 5.74) is 6.58. The Morgan fingerprint density at radius 2 is 2.24 bits per heavy atom. The highest BCUT2D eigenvalue weighted by Crippen LogP contribution is 2.15. The first-order valence-electron chi connectivity index (χ1n) is 5.55. The Labute approximate surface area is 101 Å². The van der Waals surface area contributed by atoms with E-state index in [0.717, 1.165) is 5.56 Å². The van der Waals surface area contributed by atoms with Gasteiger partial charge in [-0.25, -0.2) is 4.79 Å². The molecule has 94 valence electrons. The molecule has 0 fully saturated rings. The van der Waals surface area contributed by atoms with Crippen molar-refractivity contribution in [2.75, 3.05) is 11.9 Å². The summed E-state index contributed by atoms with van der Waals surface area (Å²) in [5, 5.41) is 2.67. The SMILES string of the molecule is CC(C)(C)OC(=O)Nc1cnccc1CCN. The predicted molar refractivity (Wildman–Crippen MR) is 66.9 cm³/mol. The van der Waals surface area contributed by atoms with Gasteiger partial charge in [-0.05, 0) is 45.4 Å². The fourth-order valence-electron chi connectivity index (χ4n) is 1.32. The maximum Gasteiger partial charge on any atom is 0.412 e. The summed E-state index contributed by atoms with van der Waals surface area (Å²) in [7, 11) is 0. The minimum atomic E-state index is -0.514. The molecule has 0 radical (unpaired) electrons. The van der Waals surface area contributed by atoms with Crippen molar-refractivity contribution in [1.82, 2.24) is 4.98 Å². The number of rotatable bonds is 3. The van der Waals surface area contributed by atoms with E-state index in [2.05, 4.69) is 10.3 Å². The number of nitrogens with two attached hydrogens (primary N) is 1. The molecule has 1 heterocycles. The van der Waals surface area contributed by atoms with Crippen molar-refractivity contribution in [1.29, 1.82) is 0 Å². The number of ether oxygens (including phenoxy) is 1. The molecule has 17 heavy (non-hydrogen) atoms. The van der Waals surface area contributed by atoms with Gasteiger partial charge in [-0.1, -0.05) is 0 Å². The third-order valence-corrected chi connectivity index (χ3v) is 1.96. The molecule has 0 aliphatic rings. The lowest BCUT2D eigenvalue weighted by atomic mass is 10.1. The smallest absolute Gasteiger partial charge is 0.412 e. The molecule has 0 spiro atoms. The van der Waals surface area contributed by atoms with E-state index in [1.165, 1.54) is 0 Å². The van der Waals surface area contributed by atoms with Crippen LogP contribution in [0.15, 0.2) is 18.5 Å². The molecular weight excluding hydrogens is 218 g/mol. The number of pyridine rings is 1. The number of hydrogen-bond donors (Lipinski definition) is 2. The highest BCUT2D eigenvalue weighted by molar-refractivity contribution is 5.85. The second kappa shape index (κ2) is 5.63. The fraction of sp³-hybridized carbons (Fsp3) is 0.500. The van der Waals surface area contributed by atoms with Crippen LogP contribution >= 0.6 is 0 Å². The standard InChI is InChI=1S/C12H19N3O2/c1-12(2,3)17-11(16)15-10-8-14-7-5-9(10)4-6-13/h5,7-8H,4,6,13H2,1-3H3,(H,15,16). The second-order valence-corrected chi connectivity index (χ2v) is 4.70. The van der Waals surface area contributed by atoms with Gasteiger partial charge in [-0.3, -0.25) is 10.3 Å². The van der Waals surface area contributed by atoms with E-state index >= 15 is 0 Å². The molecule has 0 bridgehead atoms. The molecule has 5 nitrogen and oxygen atoms in total. The molecule has 3 N–H and O–H groups in total. The van der Waals surface area contributed by atoms with E-state index in [0.29, 0.717) is 18.7 Å². The first kappa shape index (κ1) is 13.4. The van der Waals surface area contributed by atoms with Crippen LogP contribution in [0.4, 0.5) is 10.5 Å². The fourth-order valence-corrected chi connectivity index (χ4v) is 1.32. The van der Waals surface area contributed by atoms with Crippen LogP contribution in [0.25, 0.3) is 0 Å². The normalized spacial score (nSPS) is 11.1. The molecule has 0 atom stereocenters. The van der Waals surface area contributed by atoms with Gasteiger partial charge in [0.05, 0.1) is 11.9 Å². The number of nitrogens with zero attached hydrogens (tertiary/aromatic N) is 1. The summed E-state index contributed by atoms with van der Waals surface area (Å²) in [5.74, 6) is 0. The minimum Gasteiger partial charge on any atom is -0.444 e. The molecule has 1 rings (SSSR count). The molecule has 1 aromatic heterocycles. The van der Waals surface area contributed by atoms with E-state index in [9.17, 15) is 4.79 Å². The Bertz CT molecular complexity index is 386. The second-order valence-electron chi connectivity index (χ2n) is 4.70. The monoisotopic (exact) mass is 237 g/mol. The van der Waals surface area contributed by atoms with E-state index in [1.54, 1.807) is 12.4 Å². The molecule has 1 aromatic rings. The molecule has 5 heteroatoms. The van der Waals surface area contributed by atoms with Crippen LogP contribution in [0.3, 0.4) is 0 Å². The average Bonchev–Trinajstić information content (AvgIpc) is 2.18. The Morgan fingerprint density at radius 1 is 1.53 bits per heavy atom. The van der Waals surface area contributed by atoms with E-state index in [4.69, 9.17) is 10.5 Å². The van der Waals surface area contributed by atoms with Gasteiger partial charge in [0.15, 0.2) is 0 Å². The van der Waals surface area contributed by atoms with Gasteiger partial charge in [0, 0.05) is 6.20 Å². The number of carbonyl (C=O) groups is 1. The number of carbonyl (C=O) groups excluding carboxylic acids is 1. The van der Waals surface area contributed by atoms with Crippen LogP contribution in [0.5, 0.6) is 0 Å². The van der Waals surface area contributed by atoms with Gasteiger partial charge in [0.25, 0.3) is 0 Å². The Kier molecular flexibility index (Phi) is 4.45. The summed E-state index contributed by atoms with van der Waals surface area (Å²) in [6.07, 6.45) is 3.47. The topological polar surface area (TPSA) is 77.2 Å². The highest BCUT2D eigenvalue weighted by atomic mass is 16.6. The summed E-state index contributed by atoms with van der Waals surface area (Å²) in [4.78, 5) is 15.6. The minimum absolute atomic E-state index is 0.483. The molecule has 0 aromatic carbocycles. The van der Waals surface area contributed by atoms with Crippen LogP contribution in [-0.2, 0) is 11.2 Å². The quantitative estimate of drug-likeness (QED) is 0.842. The van der Waals surface area contributed by atoms with Crippen molar-refractivity contribution in [2.24, 2.45) is 5.73 Å². The maximum absolute atomic E-state index is 11.6. The number of anilines is 1. The molecule has 0 unspecified atom stereocenters. The lowest BCUT2D eigenvalue weighted by molar-refractivity contribution is 0.0635. The van der Waals surface area contributed by atoms with Gasteiger partial charge >= 0.3 is 6.09 Å². The largest absolute Gasteiger partial charge is 0.444 e.